The van der Waals surface area contributed by atoms with Gasteiger partial charge < -0.3 is 4.90 Å². The number of benzene rings is 1. The van der Waals surface area contributed by atoms with E-state index in [-0.39, 0.29) is 11.9 Å². The molecule has 5 heteroatoms. The lowest BCUT2D eigenvalue weighted by Crippen LogP contribution is -2.38. The van der Waals surface area contributed by atoms with Gasteiger partial charge in [-0.2, -0.15) is 5.10 Å². The molecule has 1 saturated heterocycles. The molecular formula is C20H20N4O. The number of pyridine rings is 1. The molecule has 0 aliphatic carbocycles. The van der Waals surface area contributed by atoms with Crippen LogP contribution in [0.4, 0.5) is 0 Å². The molecule has 1 aliphatic rings. The van der Waals surface area contributed by atoms with Crippen LogP contribution in [0.3, 0.4) is 0 Å². The highest BCUT2D eigenvalue weighted by atomic mass is 16.2. The van der Waals surface area contributed by atoms with Crippen molar-refractivity contribution in [3.8, 4) is 11.3 Å². The van der Waals surface area contributed by atoms with Crippen molar-refractivity contribution < 1.29 is 4.79 Å². The fourth-order valence-corrected chi connectivity index (χ4v) is 3.44. The minimum absolute atomic E-state index is 0.00299. The second-order valence-electron chi connectivity index (χ2n) is 6.33. The van der Waals surface area contributed by atoms with Gasteiger partial charge in [0.2, 0.25) is 0 Å². The van der Waals surface area contributed by atoms with Crippen molar-refractivity contribution in [1.82, 2.24) is 20.1 Å². The van der Waals surface area contributed by atoms with Gasteiger partial charge in [-0.1, -0.05) is 36.4 Å². The van der Waals surface area contributed by atoms with Crippen LogP contribution in [-0.2, 0) is 0 Å². The van der Waals surface area contributed by atoms with Crippen LogP contribution < -0.4 is 0 Å². The number of piperidine rings is 1. The minimum Gasteiger partial charge on any atom is -0.330 e. The van der Waals surface area contributed by atoms with Gasteiger partial charge in [0.05, 0.1) is 11.7 Å². The lowest BCUT2D eigenvalue weighted by Gasteiger charge is -2.35. The predicted octanol–water partition coefficient (Wildman–Crippen LogP) is 3.84. The SMILES string of the molecule is O=C(c1cc(-c2ccccc2)n[nH]1)N1CCCC[C@H]1c1cccnc1. The Morgan fingerprint density at radius 1 is 1.12 bits per heavy atom. The van der Waals surface area contributed by atoms with Crippen molar-refractivity contribution in [2.75, 3.05) is 6.54 Å². The van der Waals surface area contributed by atoms with Gasteiger partial charge in [-0.25, -0.2) is 0 Å². The highest BCUT2D eigenvalue weighted by Gasteiger charge is 2.29. The van der Waals surface area contributed by atoms with Gasteiger partial charge in [0.15, 0.2) is 0 Å². The summed E-state index contributed by atoms with van der Waals surface area (Å²) in [6.07, 6.45) is 6.75. The normalized spacial score (nSPS) is 17.4. The van der Waals surface area contributed by atoms with Crippen molar-refractivity contribution in [2.45, 2.75) is 25.3 Å². The Morgan fingerprint density at radius 2 is 2.00 bits per heavy atom. The first-order chi connectivity index (χ1) is 12.3. The number of likely N-dealkylation sites (tertiary alicyclic amines) is 1. The van der Waals surface area contributed by atoms with Gasteiger partial charge in [0.1, 0.15) is 5.69 Å². The topological polar surface area (TPSA) is 61.9 Å². The second-order valence-corrected chi connectivity index (χ2v) is 6.33. The molecule has 1 atom stereocenters. The van der Waals surface area contributed by atoms with E-state index in [1.54, 1.807) is 6.20 Å². The van der Waals surface area contributed by atoms with Gasteiger partial charge in [-0.15, -0.1) is 0 Å². The van der Waals surface area contributed by atoms with Crippen molar-refractivity contribution >= 4 is 5.91 Å². The standard InChI is InChI=1S/C20H20N4O/c25-20(18-13-17(22-23-18)15-7-2-1-3-8-15)24-12-5-4-10-19(24)16-9-6-11-21-14-16/h1-3,6-9,11,13-14,19H,4-5,10,12H2,(H,22,23)/t19-/m0/s1. The van der Waals surface area contributed by atoms with Crippen LogP contribution in [0.25, 0.3) is 11.3 Å². The summed E-state index contributed by atoms with van der Waals surface area (Å²) in [4.78, 5) is 19.2. The van der Waals surface area contributed by atoms with Crippen LogP contribution in [-0.4, -0.2) is 32.5 Å². The number of rotatable bonds is 3. The molecule has 1 amide bonds. The number of hydrogen-bond acceptors (Lipinski definition) is 3. The Bertz CT molecular complexity index is 844. The molecule has 2 aromatic heterocycles. The molecule has 1 aromatic carbocycles. The number of carbonyl (C=O) groups is 1. The van der Waals surface area contributed by atoms with Gasteiger partial charge in [0.25, 0.3) is 5.91 Å². The molecule has 1 N–H and O–H groups in total. The zero-order valence-corrected chi connectivity index (χ0v) is 13.9. The number of hydrogen-bond donors (Lipinski definition) is 1. The zero-order valence-electron chi connectivity index (χ0n) is 13.9. The average Bonchev–Trinajstić information content (AvgIpc) is 3.19. The van der Waals surface area contributed by atoms with Crippen molar-refractivity contribution in [3.05, 3.63) is 72.2 Å². The van der Waals surface area contributed by atoms with Crippen LogP contribution in [0, 0.1) is 0 Å². The third kappa shape index (κ3) is 3.18. The van der Waals surface area contributed by atoms with Gasteiger partial charge in [-0.05, 0) is 37.0 Å². The first-order valence-electron chi connectivity index (χ1n) is 8.64. The van der Waals surface area contributed by atoms with E-state index >= 15 is 0 Å². The third-order valence-corrected chi connectivity index (χ3v) is 4.71. The fourth-order valence-electron chi connectivity index (χ4n) is 3.44. The highest BCUT2D eigenvalue weighted by molar-refractivity contribution is 5.93. The van der Waals surface area contributed by atoms with Crippen molar-refractivity contribution in [3.63, 3.8) is 0 Å². The quantitative estimate of drug-likeness (QED) is 0.792. The molecule has 126 valence electrons. The van der Waals surface area contributed by atoms with Crippen LogP contribution in [0.2, 0.25) is 0 Å². The first kappa shape index (κ1) is 15.6. The lowest BCUT2D eigenvalue weighted by molar-refractivity contribution is 0.0605. The number of amides is 1. The smallest absolute Gasteiger partial charge is 0.272 e. The Morgan fingerprint density at radius 3 is 2.80 bits per heavy atom. The van der Waals surface area contributed by atoms with E-state index in [1.807, 2.05) is 59.6 Å². The third-order valence-electron chi connectivity index (χ3n) is 4.71. The van der Waals surface area contributed by atoms with E-state index in [0.29, 0.717) is 5.69 Å². The largest absolute Gasteiger partial charge is 0.330 e. The highest BCUT2D eigenvalue weighted by Crippen LogP contribution is 2.31. The zero-order chi connectivity index (χ0) is 17.1. The maximum Gasteiger partial charge on any atom is 0.272 e. The molecular weight excluding hydrogens is 312 g/mol. The second kappa shape index (κ2) is 6.89. The summed E-state index contributed by atoms with van der Waals surface area (Å²) in [7, 11) is 0. The average molecular weight is 332 g/mol. The molecule has 3 heterocycles. The minimum atomic E-state index is 0.00299. The molecule has 0 bridgehead atoms. The van der Waals surface area contributed by atoms with Gasteiger partial charge in [-0.3, -0.25) is 14.9 Å². The summed E-state index contributed by atoms with van der Waals surface area (Å²) >= 11 is 0. The maximum atomic E-state index is 13.1. The summed E-state index contributed by atoms with van der Waals surface area (Å²) in [5, 5.41) is 7.23. The Labute approximate surface area is 146 Å². The Kier molecular flexibility index (Phi) is 4.29. The number of aromatic amines is 1. The molecule has 25 heavy (non-hydrogen) atoms. The summed E-state index contributed by atoms with van der Waals surface area (Å²) in [5.74, 6) is 0.00299. The Hall–Kier alpha value is -2.95. The molecule has 1 aliphatic heterocycles. The molecule has 0 unspecified atom stereocenters. The van der Waals surface area contributed by atoms with Crippen molar-refractivity contribution in [1.29, 1.82) is 0 Å². The molecule has 5 nitrogen and oxygen atoms in total. The molecule has 0 saturated carbocycles. The van der Waals surface area contributed by atoms with Crippen LogP contribution in [0.1, 0.15) is 41.4 Å². The number of nitrogens with one attached hydrogen (secondary N) is 1. The maximum absolute atomic E-state index is 13.1. The summed E-state index contributed by atoms with van der Waals surface area (Å²) in [6, 6.07) is 15.8. The van der Waals surface area contributed by atoms with Gasteiger partial charge in [0, 0.05) is 24.5 Å². The monoisotopic (exact) mass is 332 g/mol. The summed E-state index contributed by atoms with van der Waals surface area (Å²) in [6.45, 7) is 0.762. The van der Waals surface area contributed by atoms with E-state index in [0.717, 1.165) is 42.6 Å². The predicted molar refractivity (Wildman–Crippen MR) is 95.9 cm³/mol. The lowest BCUT2D eigenvalue weighted by atomic mass is 9.96. The van der Waals surface area contributed by atoms with E-state index in [4.69, 9.17) is 0 Å². The number of nitrogens with zero attached hydrogens (tertiary/aromatic N) is 3. The number of carbonyl (C=O) groups excluding carboxylic acids is 1. The molecule has 0 spiro atoms. The van der Waals surface area contributed by atoms with E-state index in [1.165, 1.54) is 0 Å². The summed E-state index contributed by atoms with van der Waals surface area (Å²) in [5.41, 5.74) is 3.42. The van der Waals surface area contributed by atoms with Gasteiger partial charge >= 0.3 is 0 Å². The van der Waals surface area contributed by atoms with E-state index < -0.39 is 0 Å². The van der Waals surface area contributed by atoms with Crippen molar-refractivity contribution in [2.24, 2.45) is 0 Å². The molecule has 4 rings (SSSR count). The van der Waals surface area contributed by atoms with Crippen LogP contribution in [0.5, 0.6) is 0 Å². The Balaban J connectivity index is 1.60. The molecule has 1 fully saturated rings. The number of aromatic nitrogens is 3. The molecule has 3 aromatic rings. The fraction of sp³-hybridized carbons (Fsp3) is 0.250. The van der Waals surface area contributed by atoms with E-state index in [2.05, 4.69) is 15.2 Å². The summed E-state index contributed by atoms with van der Waals surface area (Å²) < 4.78 is 0. The van der Waals surface area contributed by atoms with Crippen LogP contribution in [0.15, 0.2) is 60.9 Å². The number of H-pyrrole nitrogens is 1. The van der Waals surface area contributed by atoms with Crippen LogP contribution >= 0.6 is 0 Å². The first-order valence-corrected chi connectivity index (χ1v) is 8.64. The molecule has 0 radical (unpaired) electrons. The van der Waals surface area contributed by atoms with E-state index in [9.17, 15) is 4.79 Å².